The van der Waals surface area contributed by atoms with Crippen LogP contribution in [-0.2, 0) is 12.8 Å². The van der Waals surface area contributed by atoms with Crippen molar-refractivity contribution in [1.82, 2.24) is 0 Å². The topological polar surface area (TPSA) is 0 Å². The van der Waals surface area contributed by atoms with Crippen molar-refractivity contribution in [3.8, 4) is 22.3 Å². The summed E-state index contributed by atoms with van der Waals surface area (Å²) in [6.07, 6.45) is 2.18. The summed E-state index contributed by atoms with van der Waals surface area (Å²) in [5.74, 6) is 0. The molecule has 0 aromatic heterocycles. The molecule has 2 aliphatic rings. The molecule has 3 aromatic rings. The molecule has 23 heavy (non-hydrogen) atoms. The standard InChI is InChI=1S/C23H20/c1-13-4-5-16-11-17-6-7-18-21-10-14(2)8-15(3)19(21)12-22(18)23(17)20(16)9-13/h4-10H,11-12H2,1-3H3. The molecular weight excluding hydrogens is 276 g/mol. The van der Waals surface area contributed by atoms with Crippen LogP contribution in [0.15, 0.2) is 42.5 Å². The maximum absolute atomic E-state index is 2.38. The van der Waals surface area contributed by atoms with Crippen LogP contribution in [-0.4, -0.2) is 0 Å². The fourth-order valence-corrected chi connectivity index (χ4v) is 4.55. The van der Waals surface area contributed by atoms with Crippen LogP contribution in [0.3, 0.4) is 0 Å². The zero-order valence-corrected chi connectivity index (χ0v) is 14.0. The summed E-state index contributed by atoms with van der Waals surface area (Å²) in [6, 6.07) is 16.3. The summed E-state index contributed by atoms with van der Waals surface area (Å²) < 4.78 is 0. The number of fused-ring (bicyclic) bond motifs is 7. The molecule has 0 radical (unpaired) electrons. The third kappa shape index (κ3) is 1.72. The molecule has 0 bridgehead atoms. The van der Waals surface area contributed by atoms with E-state index in [4.69, 9.17) is 0 Å². The Morgan fingerprint density at radius 3 is 2.26 bits per heavy atom. The molecule has 0 saturated carbocycles. The molecule has 0 spiro atoms. The van der Waals surface area contributed by atoms with Crippen LogP contribution in [0, 0.1) is 20.8 Å². The second-order valence-corrected chi connectivity index (χ2v) is 7.25. The fourth-order valence-electron chi connectivity index (χ4n) is 4.55. The average molecular weight is 296 g/mol. The van der Waals surface area contributed by atoms with Gasteiger partial charge in [-0.05, 0) is 83.7 Å². The van der Waals surface area contributed by atoms with E-state index in [0.717, 1.165) is 12.8 Å². The Morgan fingerprint density at radius 2 is 1.39 bits per heavy atom. The van der Waals surface area contributed by atoms with Crippen LogP contribution < -0.4 is 0 Å². The van der Waals surface area contributed by atoms with Gasteiger partial charge in [-0.2, -0.15) is 0 Å². The molecule has 0 unspecified atom stereocenters. The third-order valence-corrected chi connectivity index (χ3v) is 5.58. The number of hydrogen-bond acceptors (Lipinski definition) is 0. The Hall–Kier alpha value is -2.34. The van der Waals surface area contributed by atoms with E-state index in [1.807, 2.05) is 0 Å². The van der Waals surface area contributed by atoms with E-state index in [-0.39, 0.29) is 0 Å². The van der Waals surface area contributed by atoms with Crippen molar-refractivity contribution in [2.45, 2.75) is 33.6 Å². The van der Waals surface area contributed by atoms with E-state index in [9.17, 15) is 0 Å². The van der Waals surface area contributed by atoms with Gasteiger partial charge >= 0.3 is 0 Å². The summed E-state index contributed by atoms with van der Waals surface area (Å²) in [6.45, 7) is 6.66. The third-order valence-electron chi connectivity index (χ3n) is 5.58. The predicted molar refractivity (Wildman–Crippen MR) is 97.1 cm³/mol. The molecule has 0 saturated heterocycles. The van der Waals surface area contributed by atoms with Gasteiger partial charge in [0, 0.05) is 0 Å². The molecule has 3 aromatic carbocycles. The minimum atomic E-state index is 1.09. The minimum Gasteiger partial charge on any atom is -0.0590 e. The second-order valence-electron chi connectivity index (χ2n) is 7.25. The van der Waals surface area contributed by atoms with Crippen LogP contribution in [0.2, 0.25) is 0 Å². The Labute approximate surface area is 137 Å². The summed E-state index contributed by atoms with van der Waals surface area (Å²) in [4.78, 5) is 0. The van der Waals surface area contributed by atoms with Crippen LogP contribution in [0.25, 0.3) is 22.3 Å². The number of hydrogen-bond donors (Lipinski definition) is 0. The van der Waals surface area contributed by atoms with Crippen molar-refractivity contribution in [2.24, 2.45) is 0 Å². The highest BCUT2D eigenvalue weighted by Crippen LogP contribution is 2.48. The molecular formula is C23H20. The SMILES string of the molecule is Cc1ccc2c(c1)-c1c(ccc3c1Cc1c(C)cc(C)cc1-3)C2. The summed E-state index contributed by atoms with van der Waals surface area (Å²) in [5.41, 5.74) is 16.1. The largest absolute Gasteiger partial charge is 0.0590 e. The Kier molecular flexibility index (Phi) is 2.48. The van der Waals surface area contributed by atoms with Gasteiger partial charge in [-0.25, -0.2) is 0 Å². The molecule has 2 aliphatic carbocycles. The first-order chi connectivity index (χ1) is 11.1. The van der Waals surface area contributed by atoms with Gasteiger partial charge in [0.05, 0.1) is 0 Å². The van der Waals surface area contributed by atoms with Gasteiger partial charge in [-0.1, -0.05) is 53.6 Å². The van der Waals surface area contributed by atoms with Gasteiger partial charge < -0.3 is 0 Å². The zero-order valence-electron chi connectivity index (χ0n) is 14.0. The first-order valence-corrected chi connectivity index (χ1v) is 8.47. The van der Waals surface area contributed by atoms with Gasteiger partial charge in [0.15, 0.2) is 0 Å². The molecule has 0 heteroatoms. The molecule has 0 N–H and O–H groups in total. The van der Waals surface area contributed by atoms with Crippen molar-refractivity contribution in [1.29, 1.82) is 0 Å². The van der Waals surface area contributed by atoms with E-state index in [0.29, 0.717) is 0 Å². The van der Waals surface area contributed by atoms with E-state index in [2.05, 4.69) is 63.2 Å². The number of aryl methyl sites for hydroxylation is 3. The maximum atomic E-state index is 2.38. The van der Waals surface area contributed by atoms with Gasteiger partial charge in [-0.3, -0.25) is 0 Å². The highest BCUT2D eigenvalue weighted by Gasteiger charge is 2.28. The average Bonchev–Trinajstić information content (AvgIpc) is 3.05. The normalized spacial score (nSPS) is 13.5. The Bertz CT molecular complexity index is 989. The highest BCUT2D eigenvalue weighted by atomic mass is 14.3. The first-order valence-electron chi connectivity index (χ1n) is 8.47. The fraction of sp³-hybridized carbons (Fsp3) is 0.217. The van der Waals surface area contributed by atoms with Gasteiger partial charge in [0.2, 0.25) is 0 Å². The summed E-state index contributed by atoms with van der Waals surface area (Å²) in [5, 5.41) is 0. The smallest absolute Gasteiger partial charge is 0.000455 e. The Morgan fingerprint density at radius 1 is 0.609 bits per heavy atom. The van der Waals surface area contributed by atoms with Crippen LogP contribution in [0.5, 0.6) is 0 Å². The lowest BCUT2D eigenvalue weighted by Gasteiger charge is -2.09. The molecule has 0 aliphatic heterocycles. The maximum Gasteiger partial charge on any atom is -0.000455 e. The molecule has 5 rings (SSSR count). The molecule has 0 amide bonds. The zero-order chi connectivity index (χ0) is 15.7. The number of benzene rings is 3. The lowest BCUT2D eigenvalue weighted by Crippen LogP contribution is -1.90. The van der Waals surface area contributed by atoms with E-state index in [1.165, 1.54) is 55.6 Å². The predicted octanol–water partition coefficient (Wildman–Crippen LogP) is 5.75. The lowest BCUT2D eigenvalue weighted by molar-refractivity contribution is 1.20. The van der Waals surface area contributed by atoms with E-state index in [1.54, 1.807) is 5.56 Å². The van der Waals surface area contributed by atoms with E-state index >= 15 is 0 Å². The van der Waals surface area contributed by atoms with Crippen LogP contribution in [0.4, 0.5) is 0 Å². The minimum absolute atomic E-state index is 1.09. The Balaban J connectivity index is 1.81. The van der Waals surface area contributed by atoms with Crippen molar-refractivity contribution in [3.63, 3.8) is 0 Å². The van der Waals surface area contributed by atoms with Crippen molar-refractivity contribution >= 4 is 0 Å². The highest BCUT2D eigenvalue weighted by molar-refractivity contribution is 5.90. The molecule has 112 valence electrons. The lowest BCUT2D eigenvalue weighted by atomic mass is 9.94. The van der Waals surface area contributed by atoms with Crippen molar-refractivity contribution < 1.29 is 0 Å². The monoisotopic (exact) mass is 296 g/mol. The quantitative estimate of drug-likeness (QED) is 0.341. The molecule has 0 atom stereocenters. The first kappa shape index (κ1) is 13.1. The van der Waals surface area contributed by atoms with Crippen molar-refractivity contribution in [2.75, 3.05) is 0 Å². The van der Waals surface area contributed by atoms with Crippen molar-refractivity contribution in [3.05, 3.63) is 81.4 Å². The van der Waals surface area contributed by atoms with Gasteiger partial charge in [0.25, 0.3) is 0 Å². The molecule has 0 fully saturated rings. The van der Waals surface area contributed by atoms with E-state index < -0.39 is 0 Å². The molecule has 0 nitrogen and oxygen atoms in total. The number of rotatable bonds is 0. The van der Waals surface area contributed by atoms with Crippen LogP contribution >= 0.6 is 0 Å². The van der Waals surface area contributed by atoms with Gasteiger partial charge in [0.1, 0.15) is 0 Å². The van der Waals surface area contributed by atoms with Crippen LogP contribution in [0.1, 0.15) is 38.9 Å². The summed E-state index contributed by atoms with van der Waals surface area (Å²) >= 11 is 0. The summed E-state index contributed by atoms with van der Waals surface area (Å²) in [7, 11) is 0. The molecule has 0 heterocycles. The van der Waals surface area contributed by atoms with Gasteiger partial charge in [-0.15, -0.1) is 0 Å². The second kappa shape index (κ2) is 4.35.